The number of piperazine rings is 1. The van der Waals surface area contributed by atoms with E-state index < -0.39 is 17.9 Å². The fourth-order valence-electron chi connectivity index (χ4n) is 6.36. The summed E-state index contributed by atoms with van der Waals surface area (Å²) in [6, 6.07) is 31.4. The third-order valence-corrected chi connectivity index (χ3v) is 10.7. The first-order valence-corrected chi connectivity index (χ1v) is 20.5. The van der Waals surface area contributed by atoms with Crippen molar-refractivity contribution in [1.29, 1.82) is 5.41 Å². The summed E-state index contributed by atoms with van der Waals surface area (Å²) in [6.07, 6.45) is 1.29. The minimum atomic E-state index is -0.926. The molecular formula is C44H55N9O4S. The van der Waals surface area contributed by atoms with E-state index in [0.717, 1.165) is 56.0 Å². The Hall–Kier alpha value is -5.54. The Kier molecular flexibility index (Phi) is 17.3. The number of amidine groups is 1. The summed E-state index contributed by atoms with van der Waals surface area (Å²) in [5.41, 5.74) is 10.6. The first kappa shape index (κ1) is 43.6. The van der Waals surface area contributed by atoms with Crippen LogP contribution < -0.4 is 31.7 Å². The lowest BCUT2D eigenvalue weighted by molar-refractivity contribution is -0.130. The third kappa shape index (κ3) is 15.4. The van der Waals surface area contributed by atoms with E-state index in [0.29, 0.717) is 30.6 Å². The van der Waals surface area contributed by atoms with E-state index in [1.54, 1.807) is 48.3 Å². The molecular weight excluding hydrogens is 751 g/mol. The molecule has 0 radical (unpaired) electrons. The Bertz CT molecular complexity index is 1940. The van der Waals surface area contributed by atoms with Crippen molar-refractivity contribution in [2.45, 2.75) is 50.1 Å². The average molecular weight is 806 g/mol. The molecule has 4 aromatic rings. The summed E-state index contributed by atoms with van der Waals surface area (Å²) in [5, 5.41) is 18.8. The van der Waals surface area contributed by atoms with Gasteiger partial charge in [-0.25, -0.2) is 0 Å². The molecule has 0 aliphatic carbocycles. The van der Waals surface area contributed by atoms with Crippen molar-refractivity contribution in [3.8, 4) is 0 Å². The Balaban J connectivity index is 1.04. The van der Waals surface area contributed by atoms with Crippen LogP contribution in [0.15, 0.2) is 108 Å². The highest BCUT2D eigenvalue weighted by Gasteiger charge is 2.22. The van der Waals surface area contributed by atoms with Crippen molar-refractivity contribution in [2.24, 2.45) is 5.73 Å². The van der Waals surface area contributed by atoms with Crippen LogP contribution in [-0.2, 0) is 38.6 Å². The fraction of sp³-hybridized carbons (Fsp3) is 0.341. The van der Waals surface area contributed by atoms with Crippen molar-refractivity contribution in [3.63, 3.8) is 0 Å². The first-order valence-electron chi connectivity index (χ1n) is 19.7. The number of hydrogen-bond acceptors (Lipinski definition) is 9. The SMILES string of the molecule is Cc1ccc(SNCCN2CCN(CCC(=O)Nc3ccc(CC(NC(=O)CCc4ccccc4)C(=O)NCC(=O)NCc4ccc(C(=N)N)cc4)cc3)CC2)cc1. The number of nitrogens with two attached hydrogens (primary N) is 1. The van der Waals surface area contributed by atoms with Crippen LogP contribution in [0.5, 0.6) is 0 Å². The lowest BCUT2D eigenvalue weighted by Gasteiger charge is -2.34. The maximum Gasteiger partial charge on any atom is 0.243 e. The quantitative estimate of drug-likeness (QED) is 0.0286. The van der Waals surface area contributed by atoms with Crippen molar-refractivity contribution >= 4 is 47.1 Å². The second kappa shape index (κ2) is 23.0. The van der Waals surface area contributed by atoms with Gasteiger partial charge in [0.25, 0.3) is 0 Å². The van der Waals surface area contributed by atoms with Gasteiger partial charge < -0.3 is 31.9 Å². The summed E-state index contributed by atoms with van der Waals surface area (Å²) in [5.74, 6) is -1.26. The van der Waals surface area contributed by atoms with Gasteiger partial charge in [-0.3, -0.25) is 34.2 Å². The lowest BCUT2D eigenvalue weighted by Crippen LogP contribution is -2.50. The largest absolute Gasteiger partial charge is 0.384 e. The number of hydrogen-bond donors (Lipinski definition) is 7. The summed E-state index contributed by atoms with van der Waals surface area (Å²) in [4.78, 5) is 57.8. The molecule has 0 bridgehead atoms. The molecule has 1 aliphatic rings. The number of carbonyl (C=O) groups excluding carboxylic acids is 4. The number of nitrogens with zero attached hydrogens (tertiary/aromatic N) is 2. The highest BCUT2D eigenvalue weighted by atomic mass is 32.2. The summed E-state index contributed by atoms with van der Waals surface area (Å²) in [6.45, 7) is 8.41. The number of anilines is 1. The molecule has 0 spiro atoms. The van der Waals surface area contributed by atoms with Crippen LogP contribution in [0.1, 0.15) is 40.7 Å². The zero-order valence-electron chi connectivity index (χ0n) is 33.1. The van der Waals surface area contributed by atoms with E-state index in [-0.39, 0.29) is 43.6 Å². The van der Waals surface area contributed by atoms with Gasteiger partial charge in [-0.2, -0.15) is 0 Å². The fourth-order valence-corrected chi connectivity index (χ4v) is 6.99. The molecule has 306 valence electrons. The van der Waals surface area contributed by atoms with Crippen molar-refractivity contribution < 1.29 is 19.2 Å². The molecule has 4 amide bonds. The molecule has 1 fully saturated rings. The minimum Gasteiger partial charge on any atom is -0.384 e. The van der Waals surface area contributed by atoms with Gasteiger partial charge in [-0.1, -0.05) is 84.4 Å². The van der Waals surface area contributed by atoms with E-state index in [9.17, 15) is 19.2 Å². The van der Waals surface area contributed by atoms with E-state index in [4.69, 9.17) is 11.1 Å². The highest BCUT2D eigenvalue weighted by Crippen LogP contribution is 2.15. The van der Waals surface area contributed by atoms with Gasteiger partial charge in [0, 0.05) is 87.8 Å². The van der Waals surface area contributed by atoms with Crippen LogP contribution in [-0.4, -0.2) is 97.7 Å². The van der Waals surface area contributed by atoms with Gasteiger partial charge in [0.05, 0.1) is 6.54 Å². The van der Waals surface area contributed by atoms with Crippen LogP contribution in [0.25, 0.3) is 0 Å². The van der Waals surface area contributed by atoms with E-state index in [1.807, 2.05) is 42.5 Å². The zero-order valence-corrected chi connectivity index (χ0v) is 33.9. The van der Waals surface area contributed by atoms with E-state index >= 15 is 0 Å². The maximum absolute atomic E-state index is 13.4. The molecule has 4 aromatic carbocycles. The van der Waals surface area contributed by atoms with Crippen LogP contribution in [0.2, 0.25) is 0 Å². The highest BCUT2D eigenvalue weighted by molar-refractivity contribution is 7.97. The summed E-state index contributed by atoms with van der Waals surface area (Å²) < 4.78 is 3.45. The van der Waals surface area contributed by atoms with Crippen LogP contribution in [0.4, 0.5) is 5.69 Å². The molecule has 1 atom stereocenters. The van der Waals surface area contributed by atoms with Crippen molar-refractivity contribution in [2.75, 3.05) is 57.7 Å². The van der Waals surface area contributed by atoms with Crippen LogP contribution in [0, 0.1) is 12.3 Å². The molecule has 0 saturated carbocycles. The molecule has 8 N–H and O–H groups in total. The van der Waals surface area contributed by atoms with Gasteiger partial charge in [0.1, 0.15) is 11.9 Å². The smallest absolute Gasteiger partial charge is 0.243 e. The van der Waals surface area contributed by atoms with Crippen molar-refractivity contribution in [1.82, 2.24) is 30.5 Å². The average Bonchev–Trinajstić information content (AvgIpc) is 3.24. The molecule has 1 aliphatic heterocycles. The summed E-state index contributed by atoms with van der Waals surface area (Å²) in [7, 11) is 0. The number of benzene rings is 4. The van der Waals surface area contributed by atoms with Gasteiger partial charge in [0.15, 0.2) is 0 Å². The normalized spacial score (nSPS) is 13.6. The molecule has 14 heteroatoms. The van der Waals surface area contributed by atoms with Crippen molar-refractivity contribution in [3.05, 3.63) is 131 Å². The predicted octanol–water partition coefficient (Wildman–Crippen LogP) is 3.61. The van der Waals surface area contributed by atoms with Crippen LogP contribution in [0.3, 0.4) is 0 Å². The molecule has 5 rings (SSSR count). The number of carbonyl (C=O) groups is 4. The molecule has 1 heterocycles. The third-order valence-electron chi connectivity index (χ3n) is 9.85. The Morgan fingerprint density at radius 3 is 2.05 bits per heavy atom. The van der Waals surface area contributed by atoms with Gasteiger partial charge >= 0.3 is 0 Å². The number of aryl methyl sites for hydroxylation is 2. The molecule has 1 unspecified atom stereocenters. The number of nitrogen functional groups attached to an aromatic ring is 1. The topological polar surface area (TPSA) is 185 Å². The lowest BCUT2D eigenvalue weighted by atomic mass is 10.0. The molecule has 0 aromatic heterocycles. The van der Waals surface area contributed by atoms with Gasteiger partial charge in [-0.05, 0) is 66.2 Å². The molecule has 58 heavy (non-hydrogen) atoms. The zero-order chi connectivity index (χ0) is 41.1. The Labute approximate surface area is 345 Å². The van der Waals surface area contributed by atoms with Crippen LogP contribution >= 0.6 is 11.9 Å². The Morgan fingerprint density at radius 1 is 0.724 bits per heavy atom. The van der Waals surface area contributed by atoms with E-state index in [2.05, 4.69) is 67.0 Å². The number of amides is 4. The standard InChI is InChI=1S/C44H55N9O4S/c1-32-7-18-38(19-8-32)58-49-22-24-53-27-25-52(26-28-53)23-21-41(55)50-37-16-11-34(12-17-37)29-39(51-40(54)20-13-33-5-3-2-4-6-33)44(57)48-31-42(56)47-30-35-9-14-36(15-10-35)43(45)46/h2-12,14-19,39,49H,13,20-31H2,1H3,(H3,45,46)(H,47,56)(H,48,57)(H,50,55)(H,51,54). The van der Waals surface area contributed by atoms with Gasteiger partial charge in [-0.15, -0.1) is 0 Å². The summed E-state index contributed by atoms with van der Waals surface area (Å²) >= 11 is 1.66. The van der Waals surface area contributed by atoms with E-state index in [1.165, 1.54) is 10.5 Å². The maximum atomic E-state index is 13.4. The molecule has 1 saturated heterocycles. The minimum absolute atomic E-state index is 0.0391. The second-order valence-corrected chi connectivity index (χ2v) is 15.4. The number of rotatable bonds is 21. The monoisotopic (exact) mass is 805 g/mol. The number of nitrogens with one attached hydrogen (secondary N) is 6. The first-order chi connectivity index (χ1) is 28.1. The van der Waals surface area contributed by atoms with Gasteiger partial charge in [0.2, 0.25) is 23.6 Å². The second-order valence-electron chi connectivity index (χ2n) is 14.4. The Morgan fingerprint density at radius 2 is 1.38 bits per heavy atom. The molecule has 13 nitrogen and oxygen atoms in total. The predicted molar refractivity (Wildman–Crippen MR) is 230 cm³/mol.